The van der Waals surface area contributed by atoms with Crippen LogP contribution in [0.5, 0.6) is 0 Å². The molecule has 0 saturated heterocycles. The normalized spacial score (nSPS) is 12.5. The van der Waals surface area contributed by atoms with Gasteiger partial charge in [0.15, 0.2) is 0 Å². The molecule has 3 heteroatoms. The molecule has 0 aromatic carbocycles. The molecule has 74 valence electrons. The molecular weight excluding hydrogens is 168 g/mol. The number of likely N-dealkylation sites (N-methyl/N-ethyl adjacent to an activating group) is 1. The zero-order valence-corrected chi connectivity index (χ0v) is 9.79. The van der Waals surface area contributed by atoms with E-state index < -0.39 is 0 Å². The van der Waals surface area contributed by atoms with E-state index in [9.17, 15) is 0 Å². The molecule has 0 radical (unpaired) electrons. The van der Waals surface area contributed by atoms with Gasteiger partial charge in [-0.25, -0.2) is 0 Å². The van der Waals surface area contributed by atoms with E-state index in [1.54, 1.807) is 0 Å². The lowest BCUT2D eigenvalue weighted by Crippen LogP contribution is -2.35. The van der Waals surface area contributed by atoms with Crippen molar-refractivity contribution in [3.8, 4) is 0 Å². The fourth-order valence-electron chi connectivity index (χ4n) is 0.764. The van der Waals surface area contributed by atoms with Gasteiger partial charge in [0.05, 0.1) is 0 Å². The van der Waals surface area contributed by atoms with Gasteiger partial charge in [-0.1, -0.05) is 0 Å². The van der Waals surface area contributed by atoms with Crippen LogP contribution in [-0.4, -0.2) is 49.6 Å². The molecule has 0 aliphatic rings. The average molecular weight is 190 g/mol. The van der Waals surface area contributed by atoms with Crippen LogP contribution in [0.4, 0.5) is 0 Å². The largest absolute Gasteiger partial charge is 0.314 e. The Morgan fingerprint density at radius 3 is 2.33 bits per heavy atom. The number of nitrogens with zero attached hydrogens (tertiary/aromatic N) is 1. The quantitative estimate of drug-likeness (QED) is 0.635. The summed E-state index contributed by atoms with van der Waals surface area (Å²) in [5.41, 5.74) is 0. The molecule has 0 aromatic rings. The van der Waals surface area contributed by atoms with Crippen LogP contribution in [0, 0.1) is 0 Å². The second-order valence-electron chi connectivity index (χ2n) is 3.94. The van der Waals surface area contributed by atoms with Crippen LogP contribution >= 0.6 is 11.8 Å². The van der Waals surface area contributed by atoms with E-state index in [-0.39, 0.29) is 0 Å². The number of thioether (sulfide) groups is 1. The van der Waals surface area contributed by atoms with Gasteiger partial charge in [0.2, 0.25) is 0 Å². The summed E-state index contributed by atoms with van der Waals surface area (Å²) in [5.74, 6) is 0. The summed E-state index contributed by atoms with van der Waals surface area (Å²) in [4.78, 5) is 2.19. The molecule has 2 nitrogen and oxygen atoms in total. The number of hydrogen-bond acceptors (Lipinski definition) is 3. The molecule has 0 aliphatic carbocycles. The van der Waals surface area contributed by atoms with Crippen LogP contribution < -0.4 is 5.32 Å². The first-order chi connectivity index (χ1) is 5.48. The first-order valence-corrected chi connectivity index (χ1v) is 5.61. The highest BCUT2D eigenvalue weighted by molar-refractivity contribution is 7.99. The van der Waals surface area contributed by atoms with Crippen molar-refractivity contribution in [2.75, 3.05) is 40.0 Å². The van der Waals surface area contributed by atoms with E-state index in [0.29, 0.717) is 4.75 Å². The van der Waals surface area contributed by atoms with Crippen LogP contribution in [0.1, 0.15) is 13.8 Å². The monoisotopic (exact) mass is 190 g/mol. The lowest BCUT2D eigenvalue weighted by Gasteiger charge is -2.22. The Kier molecular flexibility index (Phi) is 5.97. The molecule has 12 heavy (non-hydrogen) atoms. The molecule has 0 atom stereocenters. The van der Waals surface area contributed by atoms with E-state index in [0.717, 1.165) is 19.6 Å². The van der Waals surface area contributed by atoms with E-state index in [2.05, 4.69) is 44.4 Å². The van der Waals surface area contributed by atoms with Gasteiger partial charge in [-0.3, -0.25) is 0 Å². The summed E-state index contributed by atoms with van der Waals surface area (Å²) in [5, 5.41) is 3.45. The number of nitrogens with one attached hydrogen (secondary N) is 1. The number of hydrogen-bond donors (Lipinski definition) is 1. The average Bonchev–Trinajstić information content (AvgIpc) is 1.98. The van der Waals surface area contributed by atoms with Gasteiger partial charge in [0, 0.05) is 24.4 Å². The van der Waals surface area contributed by atoms with Gasteiger partial charge < -0.3 is 10.2 Å². The molecule has 0 fully saturated rings. The van der Waals surface area contributed by atoms with Crippen molar-refractivity contribution in [3.05, 3.63) is 0 Å². The summed E-state index contributed by atoms with van der Waals surface area (Å²) in [6.07, 6.45) is 2.16. The Balaban J connectivity index is 3.31. The molecule has 0 bridgehead atoms. The third-order valence-corrected chi connectivity index (χ3v) is 3.09. The molecule has 1 N–H and O–H groups in total. The highest BCUT2D eigenvalue weighted by Gasteiger charge is 2.14. The molecular formula is C9H22N2S. The highest BCUT2D eigenvalue weighted by atomic mass is 32.2. The van der Waals surface area contributed by atoms with Crippen LogP contribution in [0.15, 0.2) is 0 Å². The maximum absolute atomic E-state index is 3.45. The topological polar surface area (TPSA) is 15.3 Å². The molecule has 0 spiro atoms. The molecule has 0 amide bonds. The van der Waals surface area contributed by atoms with Gasteiger partial charge in [-0.05, 0) is 34.2 Å². The highest BCUT2D eigenvalue weighted by Crippen LogP contribution is 2.19. The number of rotatable bonds is 6. The van der Waals surface area contributed by atoms with Crippen molar-refractivity contribution in [2.24, 2.45) is 0 Å². The smallest absolute Gasteiger partial charge is 0.0225 e. The summed E-state index contributed by atoms with van der Waals surface area (Å²) in [6.45, 7) is 7.81. The van der Waals surface area contributed by atoms with Gasteiger partial charge in [0.25, 0.3) is 0 Å². The Morgan fingerprint density at radius 2 is 1.92 bits per heavy atom. The predicted octanol–water partition coefficient (Wildman–Crippen LogP) is 1.28. The van der Waals surface area contributed by atoms with Crippen molar-refractivity contribution < 1.29 is 0 Å². The van der Waals surface area contributed by atoms with Gasteiger partial charge in [-0.15, -0.1) is 0 Å². The first-order valence-electron chi connectivity index (χ1n) is 4.38. The molecule has 0 rings (SSSR count). The maximum Gasteiger partial charge on any atom is 0.0225 e. The molecule has 0 aliphatic heterocycles. The van der Waals surface area contributed by atoms with Crippen molar-refractivity contribution in [2.45, 2.75) is 18.6 Å². The Labute approximate surface area is 81.1 Å². The van der Waals surface area contributed by atoms with Crippen molar-refractivity contribution >= 4 is 11.8 Å². The van der Waals surface area contributed by atoms with Gasteiger partial charge in [-0.2, -0.15) is 11.8 Å². The van der Waals surface area contributed by atoms with E-state index >= 15 is 0 Å². The minimum absolute atomic E-state index is 0.367. The molecule has 0 aromatic heterocycles. The molecule has 0 saturated carbocycles. The summed E-state index contributed by atoms with van der Waals surface area (Å²) in [7, 11) is 4.20. The third kappa shape index (κ3) is 6.95. The summed E-state index contributed by atoms with van der Waals surface area (Å²) < 4.78 is 0.367. The Hall–Kier alpha value is 0.270. The van der Waals surface area contributed by atoms with Crippen molar-refractivity contribution in [1.82, 2.24) is 10.2 Å². The van der Waals surface area contributed by atoms with Crippen LogP contribution in [0.3, 0.4) is 0 Å². The molecule has 0 unspecified atom stereocenters. The zero-order valence-electron chi connectivity index (χ0n) is 8.98. The van der Waals surface area contributed by atoms with Crippen LogP contribution in [-0.2, 0) is 0 Å². The molecule has 0 heterocycles. The predicted molar refractivity (Wildman–Crippen MR) is 59.0 cm³/mol. The lowest BCUT2D eigenvalue weighted by atomic mass is 10.2. The fourth-order valence-corrected chi connectivity index (χ4v) is 1.01. The van der Waals surface area contributed by atoms with Gasteiger partial charge >= 0.3 is 0 Å². The van der Waals surface area contributed by atoms with E-state index in [4.69, 9.17) is 0 Å². The zero-order chi connectivity index (χ0) is 9.61. The minimum Gasteiger partial charge on any atom is -0.314 e. The van der Waals surface area contributed by atoms with Crippen molar-refractivity contribution in [1.29, 1.82) is 0 Å². The fraction of sp³-hybridized carbons (Fsp3) is 1.00. The summed E-state index contributed by atoms with van der Waals surface area (Å²) in [6, 6.07) is 0. The van der Waals surface area contributed by atoms with Crippen LogP contribution in [0.25, 0.3) is 0 Å². The lowest BCUT2D eigenvalue weighted by molar-refractivity contribution is 0.396. The Bertz CT molecular complexity index is 113. The third-order valence-electron chi connectivity index (χ3n) is 1.84. The minimum atomic E-state index is 0.367. The van der Waals surface area contributed by atoms with Crippen LogP contribution in [0.2, 0.25) is 0 Å². The van der Waals surface area contributed by atoms with E-state index in [1.165, 1.54) is 0 Å². The second-order valence-corrected chi connectivity index (χ2v) is 5.46. The van der Waals surface area contributed by atoms with Crippen molar-refractivity contribution in [3.63, 3.8) is 0 Å². The standard InChI is InChI=1S/C9H22N2S/c1-9(2,12-5)8-10-6-7-11(3)4/h10H,6-8H2,1-5H3. The Morgan fingerprint density at radius 1 is 1.33 bits per heavy atom. The van der Waals surface area contributed by atoms with Gasteiger partial charge in [0.1, 0.15) is 0 Å². The first kappa shape index (κ1) is 12.3. The summed E-state index contributed by atoms with van der Waals surface area (Å²) >= 11 is 1.91. The van der Waals surface area contributed by atoms with E-state index in [1.807, 2.05) is 11.8 Å². The SMILES string of the molecule is CSC(C)(C)CNCCN(C)C. The maximum atomic E-state index is 3.45. The second kappa shape index (κ2) is 5.84.